The van der Waals surface area contributed by atoms with Gasteiger partial charge in [0, 0.05) is 5.56 Å². The lowest BCUT2D eigenvalue weighted by atomic mass is 9.95. The van der Waals surface area contributed by atoms with Crippen molar-refractivity contribution in [2.75, 3.05) is 0 Å². The smallest absolute Gasteiger partial charge is 0.161 e. The summed E-state index contributed by atoms with van der Waals surface area (Å²) >= 11 is 6.24. The number of carbonyl (C=O) groups is 1. The largest absolute Gasteiger partial charge is 0.294 e. The molecule has 0 bridgehead atoms. The molecule has 0 fully saturated rings. The molecule has 0 aliphatic carbocycles. The van der Waals surface area contributed by atoms with E-state index in [4.69, 9.17) is 11.6 Å². The fourth-order valence-electron chi connectivity index (χ4n) is 2.67. The summed E-state index contributed by atoms with van der Waals surface area (Å²) in [7, 11) is 0. The van der Waals surface area contributed by atoms with Crippen LogP contribution in [-0.4, -0.2) is 5.78 Å². The highest BCUT2D eigenvalue weighted by molar-refractivity contribution is 6.34. The Morgan fingerprint density at radius 1 is 0.952 bits per heavy atom. The van der Waals surface area contributed by atoms with Gasteiger partial charge in [0.25, 0.3) is 0 Å². The summed E-state index contributed by atoms with van der Waals surface area (Å²) in [5.74, 6) is -0.0136. The predicted octanol–water partition coefficient (Wildman–Crippen LogP) is 5.67. The molecule has 0 heterocycles. The van der Waals surface area contributed by atoms with Gasteiger partial charge in [-0.05, 0) is 53.4 Å². The van der Waals surface area contributed by atoms with E-state index in [9.17, 15) is 4.79 Å². The minimum absolute atomic E-state index is 0.0136. The van der Waals surface area contributed by atoms with Crippen molar-refractivity contribution in [2.45, 2.75) is 13.8 Å². The first-order chi connectivity index (χ1) is 10.1. The highest BCUT2D eigenvalue weighted by Crippen LogP contribution is 2.32. The van der Waals surface area contributed by atoms with Crippen molar-refractivity contribution in [3.05, 3.63) is 70.7 Å². The van der Waals surface area contributed by atoms with Crippen LogP contribution in [0.3, 0.4) is 0 Å². The minimum Gasteiger partial charge on any atom is -0.294 e. The maximum atomic E-state index is 11.5. The minimum atomic E-state index is -0.0136. The number of carbonyl (C=O) groups excluding carboxylic acids is 1. The van der Waals surface area contributed by atoms with E-state index in [0.717, 1.165) is 11.1 Å². The monoisotopic (exact) mass is 294 g/mol. The zero-order chi connectivity index (χ0) is 15.0. The molecule has 1 nitrogen and oxygen atoms in total. The van der Waals surface area contributed by atoms with Crippen molar-refractivity contribution in [3.8, 4) is 11.1 Å². The Kier molecular flexibility index (Phi) is 3.52. The van der Waals surface area contributed by atoms with Crippen LogP contribution in [0.15, 0.2) is 54.6 Å². The second kappa shape index (κ2) is 5.34. The summed E-state index contributed by atoms with van der Waals surface area (Å²) in [5.41, 5.74) is 3.98. The Labute approximate surface area is 129 Å². The van der Waals surface area contributed by atoms with Gasteiger partial charge in [-0.1, -0.05) is 54.1 Å². The number of rotatable bonds is 2. The normalized spacial score (nSPS) is 10.8. The van der Waals surface area contributed by atoms with E-state index in [1.165, 1.54) is 23.3 Å². The van der Waals surface area contributed by atoms with Crippen molar-refractivity contribution in [2.24, 2.45) is 0 Å². The van der Waals surface area contributed by atoms with E-state index in [1.807, 2.05) is 24.3 Å². The summed E-state index contributed by atoms with van der Waals surface area (Å²) in [6.07, 6.45) is 0. The van der Waals surface area contributed by atoms with Crippen LogP contribution >= 0.6 is 11.6 Å². The molecule has 104 valence electrons. The van der Waals surface area contributed by atoms with Crippen LogP contribution in [0.5, 0.6) is 0 Å². The molecule has 3 rings (SSSR count). The van der Waals surface area contributed by atoms with Crippen LogP contribution in [0.1, 0.15) is 22.8 Å². The first-order valence-electron chi connectivity index (χ1n) is 6.87. The number of aryl methyl sites for hydroxylation is 1. The van der Waals surface area contributed by atoms with Gasteiger partial charge in [-0.15, -0.1) is 0 Å². The van der Waals surface area contributed by atoms with E-state index < -0.39 is 0 Å². The zero-order valence-electron chi connectivity index (χ0n) is 12.0. The van der Waals surface area contributed by atoms with E-state index >= 15 is 0 Å². The Bertz CT molecular complexity index is 849. The van der Waals surface area contributed by atoms with Crippen LogP contribution in [-0.2, 0) is 0 Å². The number of halogens is 1. The topological polar surface area (TPSA) is 17.1 Å². The van der Waals surface area contributed by atoms with Gasteiger partial charge in [0.1, 0.15) is 0 Å². The van der Waals surface area contributed by atoms with Crippen molar-refractivity contribution in [1.82, 2.24) is 0 Å². The average molecular weight is 295 g/mol. The maximum Gasteiger partial charge on any atom is 0.161 e. The molecular weight excluding hydrogens is 280 g/mol. The van der Waals surface area contributed by atoms with E-state index in [-0.39, 0.29) is 5.78 Å². The Balaban J connectivity index is 2.24. The van der Waals surface area contributed by atoms with E-state index in [0.29, 0.717) is 10.6 Å². The molecule has 0 aliphatic rings. The lowest BCUT2D eigenvalue weighted by Gasteiger charge is -2.10. The molecule has 0 spiro atoms. The standard InChI is InChI=1S/C19H15ClO/c1-12-7-9-17(18-6-4-3-5-15(12)18)14-8-10-16(13(2)21)19(20)11-14/h3-11H,1-2H3. The molecule has 3 aromatic rings. The number of hydrogen-bond acceptors (Lipinski definition) is 1. The van der Waals surface area contributed by atoms with Gasteiger partial charge in [0.2, 0.25) is 0 Å². The van der Waals surface area contributed by atoms with Gasteiger partial charge in [-0.25, -0.2) is 0 Å². The molecule has 0 saturated carbocycles. The molecule has 2 heteroatoms. The summed E-state index contributed by atoms with van der Waals surface area (Å²) in [4.78, 5) is 11.5. The summed E-state index contributed by atoms with van der Waals surface area (Å²) in [6.45, 7) is 3.64. The fraction of sp³-hybridized carbons (Fsp3) is 0.105. The highest BCUT2D eigenvalue weighted by Gasteiger charge is 2.10. The third-order valence-corrected chi connectivity index (χ3v) is 4.11. The van der Waals surface area contributed by atoms with Gasteiger partial charge in [-0.2, -0.15) is 0 Å². The SMILES string of the molecule is CC(=O)c1ccc(-c2ccc(C)c3ccccc23)cc1Cl. The Morgan fingerprint density at radius 2 is 1.67 bits per heavy atom. The number of ketones is 1. The summed E-state index contributed by atoms with van der Waals surface area (Å²) in [5, 5.41) is 2.94. The van der Waals surface area contributed by atoms with Crippen LogP contribution in [0.2, 0.25) is 5.02 Å². The highest BCUT2D eigenvalue weighted by atomic mass is 35.5. The van der Waals surface area contributed by atoms with Crippen molar-refractivity contribution in [1.29, 1.82) is 0 Å². The number of Topliss-reactive ketones (excluding diaryl/α,β-unsaturated/α-hetero) is 1. The molecule has 21 heavy (non-hydrogen) atoms. The van der Waals surface area contributed by atoms with Crippen molar-refractivity contribution in [3.63, 3.8) is 0 Å². The van der Waals surface area contributed by atoms with Crippen molar-refractivity contribution < 1.29 is 4.79 Å². The van der Waals surface area contributed by atoms with Gasteiger partial charge in [0.15, 0.2) is 5.78 Å². The summed E-state index contributed by atoms with van der Waals surface area (Å²) in [6, 6.07) is 18.2. The van der Waals surface area contributed by atoms with Gasteiger partial charge < -0.3 is 0 Å². The molecule has 0 radical (unpaired) electrons. The molecule has 0 saturated heterocycles. The lowest BCUT2D eigenvalue weighted by Crippen LogP contribution is -1.93. The van der Waals surface area contributed by atoms with Crippen LogP contribution in [0, 0.1) is 6.92 Å². The molecule has 0 N–H and O–H groups in total. The second-order valence-electron chi connectivity index (χ2n) is 5.23. The quantitative estimate of drug-likeness (QED) is 0.556. The first-order valence-corrected chi connectivity index (χ1v) is 7.25. The molecule has 0 unspecified atom stereocenters. The van der Waals surface area contributed by atoms with Crippen molar-refractivity contribution >= 4 is 28.2 Å². The van der Waals surface area contributed by atoms with Crippen LogP contribution in [0.25, 0.3) is 21.9 Å². The third-order valence-electron chi connectivity index (χ3n) is 3.80. The number of hydrogen-bond donors (Lipinski definition) is 0. The Morgan fingerprint density at radius 3 is 2.33 bits per heavy atom. The fourth-order valence-corrected chi connectivity index (χ4v) is 2.98. The molecule has 3 aromatic carbocycles. The number of fused-ring (bicyclic) bond motifs is 1. The second-order valence-corrected chi connectivity index (χ2v) is 5.63. The van der Waals surface area contributed by atoms with E-state index in [2.05, 4.69) is 31.2 Å². The predicted molar refractivity (Wildman–Crippen MR) is 89.1 cm³/mol. The van der Waals surface area contributed by atoms with Gasteiger partial charge in [-0.3, -0.25) is 4.79 Å². The molecule has 0 amide bonds. The zero-order valence-corrected chi connectivity index (χ0v) is 12.7. The van der Waals surface area contributed by atoms with Crippen LogP contribution in [0.4, 0.5) is 0 Å². The first kappa shape index (κ1) is 13.8. The molecule has 0 atom stereocenters. The van der Waals surface area contributed by atoms with Gasteiger partial charge >= 0.3 is 0 Å². The summed E-state index contributed by atoms with van der Waals surface area (Å²) < 4.78 is 0. The molecule has 0 aliphatic heterocycles. The van der Waals surface area contributed by atoms with Gasteiger partial charge in [0.05, 0.1) is 5.02 Å². The third kappa shape index (κ3) is 2.45. The molecular formula is C19H15ClO. The maximum absolute atomic E-state index is 11.5. The number of benzene rings is 3. The lowest BCUT2D eigenvalue weighted by molar-refractivity contribution is 0.101. The van der Waals surface area contributed by atoms with Crippen LogP contribution < -0.4 is 0 Å². The van der Waals surface area contributed by atoms with E-state index in [1.54, 1.807) is 6.07 Å². The Hall–Kier alpha value is -2.12. The molecule has 0 aromatic heterocycles. The average Bonchev–Trinajstić information content (AvgIpc) is 2.47.